The Morgan fingerprint density at radius 2 is 2.23 bits per heavy atom. The number of para-hydroxylation sites is 1. The summed E-state index contributed by atoms with van der Waals surface area (Å²) >= 11 is 3.11. The zero-order valence-electron chi connectivity index (χ0n) is 11.9. The van der Waals surface area contributed by atoms with Gasteiger partial charge >= 0.3 is 0 Å². The maximum atomic E-state index is 11.7. The fourth-order valence-electron chi connectivity index (χ4n) is 1.82. The molecule has 0 unspecified atom stereocenters. The Kier molecular flexibility index (Phi) is 4.45. The number of amides is 1. The van der Waals surface area contributed by atoms with Gasteiger partial charge in [0, 0.05) is 4.88 Å². The molecule has 2 aromatic heterocycles. The van der Waals surface area contributed by atoms with Gasteiger partial charge in [-0.2, -0.15) is 5.10 Å². The van der Waals surface area contributed by atoms with Gasteiger partial charge in [-0.3, -0.25) is 4.79 Å². The fraction of sp³-hybridized carbons (Fsp3) is 0.133. The molecule has 112 valence electrons. The molecule has 3 rings (SSSR count). The smallest absolute Gasteiger partial charge is 0.259 e. The van der Waals surface area contributed by atoms with Crippen LogP contribution in [0.5, 0.6) is 0 Å². The second-order valence-corrected chi connectivity index (χ2v) is 6.58. The van der Waals surface area contributed by atoms with E-state index in [9.17, 15) is 4.79 Å². The zero-order chi connectivity index (χ0) is 15.4. The molecule has 0 atom stereocenters. The largest absolute Gasteiger partial charge is 0.352 e. The molecule has 3 aromatic rings. The molecular weight excluding hydrogens is 316 g/mol. The lowest BCUT2D eigenvalue weighted by atomic mass is 10.3. The number of nitrogens with zero attached hydrogens (tertiary/aromatic N) is 2. The summed E-state index contributed by atoms with van der Waals surface area (Å²) in [6.45, 7) is 2.15. The van der Waals surface area contributed by atoms with Gasteiger partial charge in [-0.1, -0.05) is 23.5 Å². The maximum Gasteiger partial charge on any atom is 0.259 e. The van der Waals surface area contributed by atoms with Crippen LogP contribution >= 0.6 is 22.7 Å². The molecule has 0 saturated heterocycles. The molecule has 0 aliphatic heterocycles. The topological polar surface area (TPSA) is 66.4 Å². The molecule has 0 aliphatic rings. The highest BCUT2D eigenvalue weighted by molar-refractivity contribution is 7.22. The van der Waals surface area contributed by atoms with Crippen molar-refractivity contribution in [1.29, 1.82) is 0 Å². The van der Waals surface area contributed by atoms with Crippen LogP contribution in [0.2, 0.25) is 0 Å². The third-order valence-electron chi connectivity index (χ3n) is 2.97. The maximum absolute atomic E-state index is 11.7. The summed E-state index contributed by atoms with van der Waals surface area (Å²) in [5, 5.41) is 9.70. The van der Waals surface area contributed by atoms with E-state index < -0.39 is 0 Å². The van der Waals surface area contributed by atoms with E-state index in [1.807, 2.05) is 42.6 Å². The number of aromatic nitrogens is 1. The molecule has 0 spiro atoms. The van der Waals surface area contributed by atoms with Gasteiger partial charge in [-0.25, -0.2) is 10.4 Å². The van der Waals surface area contributed by atoms with Gasteiger partial charge < -0.3 is 5.32 Å². The number of nitrogens with one attached hydrogen (secondary N) is 2. The molecular formula is C15H14N4OS2. The zero-order valence-corrected chi connectivity index (χ0v) is 13.5. The van der Waals surface area contributed by atoms with E-state index in [0.717, 1.165) is 25.8 Å². The number of carbonyl (C=O) groups is 1. The second kappa shape index (κ2) is 6.67. The highest BCUT2D eigenvalue weighted by Gasteiger charge is 2.05. The lowest BCUT2D eigenvalue weighted by Gasteiger charge is -2.00. The van der Waals surface area contributed by atoms with Crippen molar-refractivity contribution >= 4 is 50.1 Å². The minimum Gasteiger partial charge on any atom is -0.352 e. The summed E-state index contributed by atoms with van der Waals surface area (Å²) in [6.07, 6.45) is 1.66. The molecule has 0 bridgehead atoms. The van der Waals surface area contributed by atoms with Gasteiger partial charge in [0.2, 0.25) is 0 Å². The minimum atomic E-state index is -0.204. The quantitative estimate of drug-likeness (QED) is 0.557. The third-order valence-corrected chi connectivity index (χ3v) is 4.91. The van der Waals surface area contributed by atoms with Crippen molar-refractivity contribution in [3.05, 3.63) is 46.2 Å². The van der Waals surface area contributed by atoms with Gasteiger partial charge in [-0.05, 0) is 36.1 Å². The van der Waals surface area contributed by atoms with Gasteiger partial charge in [0.15, 0.2) is 5.13 Å². The molecule has 1 amide bonds. The molecule has 0 fully saturated rings. The number of hydrogen-bond donors (Lipinski definition) is 2. The molecule has 7 heteroatoms. The number of fused-ring (bicyclic) bond motifs is 1. The lowest BCUT2D eigenvalue weighted by molar-refractivity contribution is -0.119. The van der Waals surface area contributed by atoms with E-state index in [1.54, 1.807) is 17.6 Å². The highest BCUT2D eigenvalue weighted by Crippen LogP contribution is 2.24. The number of carbonyl (C=O) groups excluding carboxylic acids is 1. The molecule has 0 aliphatic carbocycles. The molecule has 5 nitrogen and oxygen atoms in total. The summed E-state index contributed by atoms with van der Waals surface area (Å²) in [5.41, 5.74) is 4.58. The van der Waals surface area contributed by atoms with Gasteiger partial charge in [0.1, 0.15) is 0 Å². The lowest BCUT2D eigenvalue weighted by Crippen LogP contribution is -2.25. The number of aryl methyl sites for hydroxylation is 1. The first-order chi connectivity index (χ1) is 10.7. The second-order valence-electron chi connectivity index (χ2n) is 4.60. The summed E-state index contributed by atoms with van der Waals surface area (Å²) in [7, 11) is 0. The average Bonchev–Trinajstić information content (AvgIpc) is 3.11. The van der Waals surface area contributed by atoms with Crippen LogP contribution in [0, 0.1) is 6.92 Å². The molecule has 22 heavy (non-hydrogen) atoms. The molecule has 2 N–H and O–H groups in total. The number of hydrazone groups is 1. The van der Waals surface area contributed by atoms with Crippen LogP contribution in [0.1, 0.15) is 10.4 Å². The van der Waals surface area contributed by atoms with Crippen LogP contribution in [0.4, 0.5) is 5.13 Å². The SMILES string of the molecule is Cc1ccsc1/C=N\NC(=O)CNc1nc2ccccc2s1. The Balaban J connectivity index is 1.52. The van der Waals surface area contributed by atoms with Crippen molar-refractivity contribution in [2.45, 2.75) is 6.92 Å². The normalized spacial score (nSPS) is 11.1. The van der Waals surface area contributed by atoms with Crippen molar-refractivity contribution in [3.8, 4) is 0 Å². The molecule has 0 radical (unpaired) electrons. The van der Waals surface area contributed by atoms with E-state index in [4.69, 9.17) is 0 Å². The van der Waals surface area contributed by atoms with Crippen LogP contribution in [-0.4, -0.2) is 23.7 Å². The van der Waals surface area contributed by atoms with Crippen LogP contribution in [0.3, 0.4) is 0 Å². The number of benzene rings is 1. The van der Waals surface area contributed by atoms with E-state index in [2.05, 4.69) is 20.8 Å². The average molecular weight is 330 g/mol. The highest BCUT2D eigenvalue weighted by atomic mass is 32.1. The Morgan fingerprint density at radius 3 is 3.00 bits per heavy atom. The number of rotatable bonds is 5. The number of anilines is 1. The van der Waals surface area contributed by atoms with Crippen molar-refractivity contribution in [3.63, 3.8) is 0 Å². The Bertz CT molecular complexity index is 789. The Labute approximate surface area is 135 Å². The Hall–Kier alpha value is -2.25. The standard InChI is InChI=1S/C15H14N4OS2/c1-10-6-7-21-13(10)8-17-19-14(20)9-16-15-18-11-4-2-3-5-12(11)22-15/h2-8H,9H2,1H3,(H,16,18)(H,19,20)/b17-8-. The summed E-state index contributed by atoms with van der Waals surface area (Å²) in [5.74, 6) is -0.204. The van der Waals surface area contributed by atoms with Crippen LogP contribution in [-0.2, 0) is 4.79 Å². The molecule has 1 aromatic carbocycles. The first-order valence-electron chi connectivity index (χ1n) is 6.68. The summed E-state index contributed by atoms with van der Waals surface area (Å²) in [4.78, 5) is 17.2. The van der Waals surface area contributed by atoms with Crippen molar-refractivity contribution < 1.29 is 4.79 Å². The molecule has 2 heterocycles. The van der Waals surface area contributed by atoms with Crippen molar-refractivity contribution in [1.82, 2.24) is 10.4 Å². The third kappa shape index (κ3) is 3.49. The predicted molar refractivity (Wildman–Crippen MR) is 92.9 cm³/mol. The van der Waals surface area contributed by atoms with Crippen molar-refractivity contribution in [2.75, 3.05) is 11.9 Å². The fourth-order valence-corrected chi connectivity index (χ4v) is 3.47. The number of hydrogen-bond acceptors (Lipinski definition) is 6. The van der Waals surface area contributed by atoms with Gasteiger partial charge in [0.05, 0.1) is 23.0 Å². The van der Waals surface area contributed by atoms with E-state index in [1.165, 1.54) is 11.3 Å². The van der Waals surface area contributed by atoms with Gasteiger partial charge in [-0.15, -0.1) is 11.3 Å². The first kappa shape index (κ1) is 14.7. The van der Waals surface area contributed by atoms with Crippen LogP contribution < -0.4 is 10.7 Å². The van der Waals surface area contributed by atoms with E-state index in [-0.39, 0.29) is 12.5 Å². The minimum absolute atomic E-state index is 0.139. The first-order valence-corrected chi connectivity index (χ1v) is 8.37. The predicted octanol–water partition coefficient (Wildman–Crippen LogP) is 3.23. The van der Waals surface area contributed by atoms with Crippen LogP contribution in [0.15, 0.2) is 40.8 Å². The van der Waals surface area contributed by atoms with Crippen LogP contribution in [0.25, 0.3) is 10.2 Å². The Morgan fingerprint density at radius 1 is 1.36 bits per heavy atom. The monoisotopic (exact) mass is 330 g/mol. The summed E-state index contributed by atoms with van der Waals surface area (Å²) < 4.78 is 1.09. The van der Waals surface area contributed by atoms with E-state index >= 15 is 0 Å². The summed E-state index contributed by atoms with van der Waals surface area (Å²) in [6, 6.07) is 9.89. The van der Waals surface area contributed by atoms with Gasteiger partial charge in [0.25, 0.3) is 5.91 Å². The van der Waals surface area contributed by atoms with E-state index in [0.29, 0.717) is 0 Å². The molecule has 0 saturated carbocycles. The number of thiazole rings is 1. The van der Waals surface area contributed by atoms with Crippen molar-refractivity contribution in [2.24, 2.45) is 5.10 Å². The number of thiophene rings is 1.